The molecule has 1 aromatic carbocycles. The number of carbonyl (C=O) groups is 1. The van der Waals surface area contributed by atoms with Crippen LogP contribution >= 0.6 is 12.4 Å². The van der Waals surface area contributed by atoms with Crippen LogP contribution < -0.4 is 15.4 Å². The Balaban J connectivity index is 0.00000261. The third kappa shape index (κ3) is 4.82. The lowest BCUT2D eigenvalue weighted by Gasteiger charge is -2.27. The van der Waals surface area contributed by atoms with E-state index >= 15 is 0 Å². The highest BCUT2D eigenvalue weighted by atomic mass is 35.5. The van der Waals surface area contributed by atoms with Gasteiger partial charge in [0, 0.05) is 44.2 Å². The summed E-state index contributed by atoms with van der Waals surface area (Å²) in [5.41, 5.74) is 2.14. The lowest BCUT2D eigenvalue weighted by Crippen LogP contribution is -2.41. The number of aromatic nitrogens is 2. The molecule has 27 heavy (non-hydrogen) atoms. The van der Waals surface area contributed by atoms with Crippen molar-refractivity contribution in [2.24, 2.45) is 13.0 Å². The molecule has 0 spiro atoms. The van der Waals surface area contributed by atoms with E-state index in [1.165, 1.54) is 5.56 Å². The maximum absolute atomic E-state index is 12.8. The summed E-state index contributed by atoms with van der Waals surface area (Å²) in [4.78, 5) is 12.8. The Morgan fingerprint density at radius 1 is 1.33 bits per heavy atom. The van der Waals surface area contributed by atoms with Gasteiger partial charge in [-0.2, -0.15) is 5.10 Å². The third-order valence-corrected chi connectivity index (χ3v) is 5.28. The molecule has 0 aliphatic carbocycles. The molecule has 0 bridgehead atoms. The van der Waals surface area contributed by atoms with E-state index in [0.29, 0.717) is 13.1 Å². The smallest absolute Gasteiger partial charge is 0.225 e. The lowest BCUT2D eigenvalue weighted by molar-refractivity contribution is -0.125. The molecule has 2 heterocycles. The Kier molecular flexibility index (Phi) is 6.89. The molecule has 6 nitrogen and oxygen atoms in total. The van der Waals surface area contributed by atoms with E-state index in [1.807, 2.05) is 31.6 Å². The van der Waals surface area contributed by atoms with Gasteiger partial charge in [0.15, 0.2) is 0 Å². The number of nitrogens with one attached hydrogen (secondary N) is 2. The number of halogens is 1. The summed E-state index contributed by atoms with van der Waals surface area (Å²) in [6, 6.07) is 8.03. The van der Waals surface area contributed by atoms with Crippen molar-refractivity contribution in [3.63, 3.8) is 0 Å². The first-order chi connectivity index (χ1) is 12.4. The molecule has 3 rings (SSSR count). The number of ether oxygens (including phenoxy) is 1. The van der Waals surface area contributed by atoms with Crippen molar-refractivity contribution in [2.45, 2.75) is 25.2 Å². The number of rotatable bonds is 6. The maximum atomic E-state index is 12.8. The van der Waals surface area contributed by atoms with Crippen LogP contribution in [0.3, 0.4) is 0 Å². The summed E-state index contributed by atoms with van der Waals surface area (Å²) in [6.07, 6.45) is 3.86. The van der Waals surface area contributed by atoms with Crippen molar-refractivity contribution in [1.82, 2.24) is 20.4 Å². The Labute approximate surface area is 167 Å². The van der Waals surface area contributed by atoms with Crippen molar-refractivity contribution < 1.29 is 9.53 Å². The van der Waals surface area contributed by atoms with E-state index in [0.717, 1.165) is 17.9 Å². The molecule has 0 radical (unpaired) electrons. The molecule has 1 saturated heterocycles. The van der Waals surface area contributed by atoms with Gasteiger partial charge in [-0.3, -0.25) is 9.48 Å². The van der Waals surface area contributed by atoms with E-state index in [2.05, 4.69) is 41.7 Å². The van der Waals surface area contributed by atoms with Gasteiger partial charge in [-0.05, 0) is 23.3 Å². The minimum absolute atomic E-state index is 0. The molecule has 1 amide bonds. The highest BCUT2D eigenvalue weighted by Crippen LogP contribution is 2.29. The van der Waals surface area contributed by atoms with Gasteiger partial charge in [-0.1, -0.05) is 26.0 Å². The Morgan fingerprint density at radius 3 is 2.63 bits per heavy atom. The van der Waals surface area contributed by atoms with Gasteiger partial charge in [0.1, 0.15) is 5.75 Å². The minimum Gasteiger partial charge on any atom is -0.497 e. The molecule has 2 N–H and O–H groups in total. The maximum Gasteiger partial charge on any atom is 0.225 e. The Hall–Kier alpha value is -2.05. The van der Waals surface area contributed by atoms with Gasteiger partial charge in [-0.25, -0.2) is 0 Å². The van der Waals surface area contributed by atoms with Crippen molar-refractivity contribution in [3.8, 4) is 5.75 Å². The Bertz CT molecular complexity index is 758. The molecule has 0 unspecified atom stereocenters. The monoisotopic (exact) mass is 392 g/mol. The number of benzene rings is 1. The number of aryl methyl sites for hydroxylation is 1. The van der Waals surface area contributed by atoms with E-state index in [9.17, 15) is 4.79 Å². The Morgan fingerprint density at radius 2 is 2.04 bits per heavy atom. The van der Waals surface area contributed by atoms with Gasteiger partial charge in [0.25, 0.3) is 0 Å². The van der Waals surface area contributed by atoms with E-state index in [1.54, 1.807) is 11.8 Å². The summed E-state index contributed by atoms with van der Waals surface area (Å²) in [7, 11) is 3.56. The highest BCUT2D eigenvalue weighted by molar-refractivity contribution is 5.85. The van der Waals surface area contributed by atoms with E-state index in [-0.39, 0.29) is 35.6 Å². The number of methoxy groups -OCH3 is 1. The normalized spacial score (nSPS) is 19.4. The van der Waals surface area contributed by atoms with Crippen molar-refractivity contribution in [1.29, 1.82) is 0 Å². The van der Waals surface area contributed by atoms with Crippen molar-refractivity contribution >= 4 is 18.3 Å². The number of carbonyl (C=O) groups excluding carboxylic acids is 1. The molecule has 1 aliphatic heterocycles. The van der Waals surface area contributed by atoms with Crippen LogP contribution in [0.1, 0.15) is 30.9 Å². The predicted molar refractivity (Wildman–Crippen MR) is 109 cm³/mol. The second-order valence-corrected chi connectivity index (χ2v) is 7.65. The molecule has 1 aliphatic rings. The summed E-state index contributed by atoms with van der Waals surface area (Å²) in [5, 5.41) is 10.7. The lowest BCUT2D eigenvalue weighted by atomic mass is 9.84. The molecule has 1 aromatic heterocycles. The minimum atomic E-state index is -0.155. The van der Waals surface area contributed by atoms with Crippen LogP contribution in [-0.2, 0) is 17.3 Å². The number of amides is 1. The van der Waals surface area contributed by atoms with Gasteiger partial charge < -0.3 is 15.4 Å². The van der Waals surface area contributed by atoms with Gasteiger partial charge in [0.2, 0.25) is 5.91 Å². The van der Waals surface area contributed by atoms with Crippen LogP contribution in [-0.4, -0.2) is 42.4 Å². The number of hydrogen-bond acceptors (Lipinski definition) is 4. The number of hydrogen-bond donors (Lipinski definition) is 2. The summed E-state index contributed by atoms with van der Waals surface area (Å²) < 4.78 is 7.01. The molecule has 1 fully saturated rings. The molecule has 148 valence electrons. The van der Waals surface area contributed by atoms with Gasteiger partial charge >= 0.3 is 0 Å². The molecular formula is C20H29ClN4O2. The molecule has 2 aromatic rings. The fourth-order valence-corrected chi connectivity index (χ4v) is 3.52. The summed E-state index contributed by atoms with van der Waals surface area (Å²) in [5.74, 6) is 1.05. The van der Waals surface area contributed by atoms with Crippen molar-refractivity contribution in [3.05, 3.63) is 47.8 Å². The zero-order chi connectivity index (χ0) is 18.7. The third-order valence-electron chi connectivity index (χ3n) is 5.28. The summed E-state index contributed by atoms with van der Waals surface area (Å²) in [6.45, 7) is 6.38. The molecule has 0 saturated carbocycles. The molecule has 2 atom stereocenters. The van der Waals surface area contributed by atoms with E-state index < -0.39 is 0 Å². The first-order valence-corrected chi connectivity index (χ1v) is 9.02. The SMILES string of the molecule is COc1ccc(C(C)(C)CNC(=O)[C@H]2CNC[C@@H]2c2cnn(C)c2)cc1.Cl. The zero-order valence-electron chi connectivity index (χ0n) is 16.4. The van der Waals surface area contributed by atoms with Crippen LogP contribution in [0.15, 0.2) is 36.7 Å². The average molecular weight is 393 g/mol. The zero-order valence-corrected chi connectivity index (χ0v) is 17.2. The van der Waals surface area contributed by atoms with Gasteiger partial charge in [-0.15, -0.1) is 12.4 Å². The fourth-order valence-electron chi connectivity index (χ4n) is 3.52. The summed E-state index contributed by atoms with van der Waals surface area (Å²) >= 11 is 0. The second kappa shape index (κ2) is 8.76. The first-order valence-electron chi connectivity index (χ1n) is 9.02. The van der Waals surface area contributed by atoms with Gasteiger partial charge in [0.05, 0.1) is 19.2 Å². The highest BCUT2D eigenvalue weighted by Gasteiger charge is 2.35. The van der Waals surface area contributed by atoms with Crippen LogP contribution in [0.5, 0.6) is 5.75 Å². The van der Waals surface area contributed by atoms with Crippen LogP contribution in [0.2, 0.25) is 0 Å². The topological polar surface area (TPSA) is 68.2 Å². The van der Waals surface area contributed by atoms with E-state index in [4.69, 9.17) is 4.74 Å². The predicted octanol–water partition coefficient (Wildman–Crippen LogP) is 2.25. The molecule has 7 heteroatoms. The van der Waals surface area contributed by atoms with Crippen molar-refractivity contribution in [2.75, 3.05) is 26.7 Å². The number of nitrogens with zero attached hydrogens (tertiary/aromatic N) is 2. The molecular weight excluding hydrogens is 364 g/mol. The van der Waals surface area contributed by atoms with Crippen LogP contribution in [0.25, 0.3) is 0 Å². The quantitative estimate of drug-likeness (QED) is 0.791. The van der Waals surface area contributed by atoms with Crippen LogP contribution in [0, 0.1) is 5.92 Å². The largest absolute Gasteiger partial charge is 0.497 e. The second-order valence-electron chi connectivity index (χ2n) is 7.65. The van der Waals surface area contributed by atoms with Crippen LogP contribution in [0.4, 0.5) is 0 Å². The standard InChI is InChI=1S/C20H28N4O2.ClH/c1-20(2,15-5-7-16(26-4)8-6-15)13-22-19(25)18-11-21-10-17(18)14-9-23-24(3)12-14;/h5-9,12,17-18,21H,10-11,13H2,1-4H3,(H,22,25);1H/t17-,18+;/m1./s1. The first kappa shape index (κ1) is 21.3. The fraction of sp³-hybridized carbons (Fsp3) is 0.500. The average Bonchev–Trinajstić information content (AvgIpc) is 3.28.